The first-order chi connectivity index (χ1) is 7.73. The molecule has 0 aromatic heterocycles. The lowest BCUT2D eigenvalue weighted by Crippen LogP contribution is -1.81. The van der Waals surface area contributed by atoms with E-state index in [4.69, 9.17) is 15.0 Å². The summed E-state index contributed by atoms with van der Waals surface area (Å²) in [7, 11) is 0. The lowest BCUT2D eigenvalue weighted by Gasteiger charge is -1.69. The Kier molecular flexibility index (Phi) is 9.24. The van der Waals surface area contributed by atoms with Crippen molar-refractivity contribution in [2.75, 3.05) is 0 Å². The minimum absolute atomic E-state index is 1.83. The van der Waals surface area contributed by atoms with E-state index in [1.54, 1.807) is 0 Å². The molecule has 2 aromatic carbocycles. The van der Waals surface area contributed by atoms with Crippen LogP contribution >= 0.6 is 0 Å². The first-order valence-corrected chi connectivity index (χ1v) is 4.65. The van der Waals surface area contributed by atoms with E-state index in [0.29, 0.717) is 0 Å². The van der Waals surface area contributed by atoms with Crippen LogP contribution in [0.4, 0.5) is 4.79 Å². The molecule has 0 unspecified atom stereocenters. The molecule has 2 N–H and O–H groups in total. The second kappa shape index (κ2) is 10.8. The van der Waals surface area contributed by atoms with E-state index < -0.39 is 6.16 Å². The summed E-state index contributed by atoms with van der Waals surface area (Å²) in [6.45, 7) is 0. The molecule has 0 aliphatic rings. The van der Waals surface area contributed by atoms with Crippen molar-refractivity contribution in [3.05, 3.63) is 72.8 Å². The summed E-state index contributed by atoms with van der Waals surface area (Å²) in [4.78, 5) is 8.56. The van der Waals surface area contributed by atoms with E-state index in [1.165, 1.54) is 0 Å². The maximum absolute atomic E-state index is 8.56. The van der Waals surface area contributed by atoms with Gasteiger partial charge in [-0.05, 0) is 0 Å². The highest BCUT2D eigenvalue weighted by Crippen LogP contribution is 1.80. The molecule has 0 fully saturated rings. The Hall–Kier alpha value is -2.29. The predicted octanol–water partition coefficient (Wildman–Crippen LogP) is 3.60. The Balaban J connectivity index is 0.000000217. The van der Waals surface area contributed by atoms with Gasteiger partial charge in [0.2, 0.25) is 0 Å². The third kappa shape index (κ3) is 14.2. The summed E-state index contributed by atoms with van der Waals surface area (Å²) in [6.07, 6.45) is -1.83. The van der Waals surface area contributed by atoms with E-state index in [0.717, 1.165) is 0 Å². The zero-order valence-electron chi connectivity index (χ0n) is 8.73. The number of benzene rings is 2. The molecule has 0 amide bonds. The van der Waals surface area contributed by atoms with Crippen LogP contribution in [-0.2, 0) is 0 Å². The van der Waals surface area contributed by atoms with Crippen LogP contribution in [0.3, 0.4) is 0 Å². The Morgan fingerprint density at radius 1 is 0.500 bits per heavy atom. The van der Waals surface area contributed by atoms with Gasteiger partial charge in [0.15, 0.2) is 0 Å². The molecule has 0 atom stereocenters. The van der Waals surface area contributed by atoms with Crippen LogP contribution in [0, 0.1) is 0 Å². The van der Waals surface area contributed by atoms with Crippen molar-refractivity contribution < 1.29 is 15.0 Å². The van der Waals surface area contributed by atoms with Crippen molar-refractivity contribution in [2.45, 2.75) is 0 Å². The topological polar surface area (TPSA) is 57.5 Å². The molecular formula is C13H14O3. The standard InChI is InChI=1S/2C6H6.CH2O3/c2*1-2-4-6-5-3-1;2-1(3)4/h2*1-6H;(H2,2,3,4). The fourth-order valence-electron chi connectivity index (χ4n) is 0.770. The van der Waals surface area contributed by atoms with Crippen LogP contribution in [0.15, 0.2) is 72.8 Å². The van der Waals surface area contributed by atoms with Gasteiger partial charge in [0.1, 0.15) is 0 Å². The van der Waals surface area contributed by atoms with Gasteiger partial charge in [0.05, 0.1) is 0 Å². The molecule has 3 heteroatoms. The lowest BCUT2D eigenvalue weighted by atomic mass is 10.4. The third-order valence-corrected chi connectivity index (χ3v) is 1.33. The van der Waals surface area contributed by atoms with Crippen LogP contribution in [0.2, 0.25) is 0 Å². The second-order valence-electron chi connectivity index (χ2n) is 2.59. The van der Waals surface area contributed by atoms with Gasteiger partial charge in [0, 0.05) is 0 Å². The normalized spacial score (nSPS) is 7.50. The van der Waals surface area contributed by atoms with Crippen molar-refractivity contribution in [3.63, 3.8) is 0 Å². The van der Waals surface area contributed by atoms with Crippen molar-refractivity contribution in [1.29, 1.82) is 0 Å². The molecule has 0 spiro atoms. The molecule has 16 heavy (non-hydrogen) atoms. The Labute approximate surface area is 94.6 Å². The molecule has 0 aliphatic carbocycles. The SMILES string of the molecule is O=C(O)O.c1ccccc1.c1ccccc1. The molecule has 0 aliphatic heterocycles. The molecule has 0 saturated carbocycles. The minimum atomic E-state index is -1.83. The van der Waals surface area contributed by atoms with Crippen LogP contribution in [-0.4, -0.2) is 16.4 Å². The molecule has 0 heterocycles. The molecular weight excluding hydrogens is 204 g/mol. The molecule has 2 aromatic rings. The minimum Gasteiger partial charge on any atom is -0.450 e. The van der Waals surface area contributed by atoms with Gasteiger partial charge in [-0.1, -0.05) is 72.8 Å². The summed E-state index contributed by atoms with van der Waals surface area (Å²) < 4.78 is 0. The van der Waals surface area contributed by atoms with E-state index in [-0.39, 0.29) is 0 Å². The van der Waals surface area contributed by atoms with Gasteiger partial charge in [-0.15, -0.1) is 0 Å². The van der Waals surface area contributed by atoms with Crippen LogP contribution in [0.5, 0.6) is 0 Å². The zero-order chi connectivity index (χ0) is 12.1. The monoisotopic (exact) mass is 218 g/mol. The van der Waals surface area contributed by atoms with Crippen LogP contribution in [0.1, 0.15) is 0 Å². The quantitative estimate of drug-likeness (QED) is 0.710. The molecule has 0 radical (unpaired) electrons. The molecule has 0 bridgehead atoms. The van der Waals surface area contributed by atoms with Crippen LogP contribution in [0.25, 0.3) is 0 Å². The number of carboxylic acid groups (broad SMARTS) is 2. The second-order valence-corrected chi connectivity index (χ2v) is 2.59. The zero-order valence-corrected chi connectivity index (χ0v) is 8.73. The highest BCUT2D eigenvalue weighted by molar-refractivity contribution is 5.53. The van der Waals surface area contributed by atoms with Gasteiger partial charge in [-0.3, -0.25) is 0 Å². The fourth-order valence-corrected chi connectivity index (χ4v) is 0.770. The Morgan fingerprint density at radius 3 is 0.625 bits per heavy atom. The van der Waals surface area contributed by atoms with Crippen molar-refractivity contribution >= 4 is 6.16 Å². The summed E-state index contributed by atoms with van der Waals surface area (Å²) in [5.41, 5.74) is 0. The highest BCUT2D eigenvalue weighted by atomic mass is 16.6. The fraction of sp³-hybridized carbons (Fsp3) is 0. The van der Waals surface area contributed by atoms with Crippen molar-refractivity contribution in [3.8, 4) is 0 Å². The highest BCUT2D eigenvalue weighted by Gasteiger charge is 1.70. The number of carbonyl (C=O) groups is 1. The third-order valence-electron chi connectivity index (χ3n) is 1.33. The van der Waals surface area contributed by atoms with Crippen LogP contribution < -0.4 is 0 Å². The number of hydrogen-bond donors (Lipinski definition) is 2. The maximum Gasteiger partial charge on any atom is 0.503 e. The molecule has 84 valence electrons. The molecule has 0 saturated heterocycles. The Morgan fingerprint density at radius 2 is 0.562 bits per heavy atom. The van der Waals surface area contributed by atoms with Crippen molar-refractivity contribution in [1.82, 2.24) is 0 Å². The molecule has 3 nitrogen and oxygen atoms in total. The average Bonchev–Trinajstić information content (AvgIpc) is 2.34. The maximum atomic E-state index is 8.56. The van der Waals surface area contributed by atoms with Gasteiger partial charge < -0.3 is 10.2 Å². The average molecular weight is 218 g/mol. The van der Waals surface area contributed by atoms with Crippen molar-refractivity contribution in [2.24, 2.45) is 0 Å². The smallest absolute Gasteiger partial charge is 0.450 e. The van der Waals surface area contributed by atoms with E-state index in [1.807, 2.05) is 72.8 Å². The van der Waals surface area contributed by atoms with E-state index in [9.17, 15) is 0 Å². The summed E-state index contributed by atoms with van der Waals surface area (Å²) >= 11 is 0. The summed E-state index contributed by atoms with van der Waals surface area (Å²) in [5, 5.41) is 13.9. The summed E-state index contributed by atoms with van der Waals surface area (Å²) in [5.74, 6) is 0. The number of hydrogen-bond acceptors (Lipinski definition) is 1. The first-order valence-electron chi connectivity index (χ1n) is 4.65. The van der Waals surface area contributed by atoms with Gasteiger partial charge in [-0.25, -0.2) is 4.79 Å². The summed E-state index contributed by atoms with van der Waals surface area (Å²) in [6, 6.07) is 24.0. The lowest BCUT2D eigenvalue weighted by molar-refractivity contribution is 0.137. The van der Waals surface area contributed by atoms with E-state index in [2.05, 4.69) is 0 Å². The Bertz CT molecular complexity index is 257. The molecule has 2 rings (SSSR count). The number of rotatable bonds is 0. The first kappa shape index (κ1) is 13.7. The van der Waals surface area contributed by atoms with Gasteiger partial charge in [0.25, 0.3) is 0 Å². The predicted molar refractivity (Wildman–Crippen MR) is 63.5 cm³/mol. The largest absolute Gasteiger partial charge is 0.503 e. The van der Waals surface area contributed by atoms with Gasteiger partial charge in [-0.2, -0.15) is 0 Å². The van der Waals surface area contributed by atoms with Gasteiger partial charge >= 0.3 is 6.16 Å². The van der Waals surface area contributed by atoms with E-state index >= 15 is 0 Å².